The Morgan fingerprint density at radius 1 is 1.44 bits per heavy atom. The number of nitriles is 1. The number of hydrogen-bond acceptors (Lipinski definition) is 3. The molecule has 0 bridgehead atoms. The maximum atomic E-state index is 12.2. The van der Waals surface area contributed by atoms with Crippen LogP contribution in [0.25, 0.3) is 0 Å². The van der Waals surface area contributed by atoms with Gasteiger partial charge in [0.1, 0.15) is 5.41 Å². The second kappa shape index (κ2) is 5.27. The summed E-state index contributed by atoms with van der Waals surface area (Å²) in [5, 5.41) is 12.3. The van der Waals surface area contributed by atoms with E-state index in [9.17, 15) is 4.79 Å². The van der Waals surface area contributed by atoms with Gasteiger partial charge >= 0.3 is 0 Å². The van der Waals surface area contributed by atoms with E-state index in [1.807, 2.05) is 6.92 Å². The lowest BCUT2D eigenvalue weighted by molar-refractivity contribution is -0.128. The molecular weight excluding hydrogens is 226 g/mol. The van der Waals surface area contributed by atoms with Crippen LogP contribution in [-0.2, 0) is 4.79 Å². The van der Waals surface area contributed by atoms with Crippen LogP contribution in [-0.4, -0.2) is 36.0 Å². The molecule has 0 radical (unpaired) electrons. The van der Waals surface area contributed by atoms with Crippen LogP contribution in [0.2, 0.25) is 0 Å². The molecule has 2 fully saturated rings. The zero-order valence-electron chi connectivity index (χ0n) is 11.4. The minimum Gasteiger partial charge on any atom is -0.350 e. The van der Waals surface area contributed by atoms with E-state index in [4.69, 9.17) is 5.26 Å². The van der Waals surface area contributed by atoms with E-state index >= 15 is 0 Å². The number of nitrogens with zero attached hydrogens (tertiary/aromatic N) is 2. The Labute approximate surface area is 109 Å². The summed E-state index contributed by atoms with van der Waals surface area (Å²) in [6, 6.07) is 2.90. The Hall–Kier alpha value is -1.08. The van der Waals surface area contributed by atoms with Crippen LogP contribution in [0.1, 0.15) is 46.0 Å². The van der Waals surface area contributed by atoms with Gasteiger partial charge < -0.3 is 5.32 Å². The minimum atomic E-state index is -0.873. The molecule has 4 nitrogen and oxygen atoms in total. The van der Waals surface area contributed by atoms with E-state index < -0.39 is 5.41 Å². The van der Waals surface area contributed by atoms with Crippen LogP contribution in [0.3, 0.4) is 0 Å². The summed E-state index contributed by atoms with van der Waals surface area (Å²) in [5.41, 5.74) is -0.873. The first kappa shape index (κ1) is 13.4. The van der Waals surface area contributed by atoms with Crippen molar-refractivity contribution in [2.75, 3.05) is 13.1 Å². The predicted molar refractivity (Wildman–Crippen MR) is 69.8 cm³/mol. The molecule has 100 valence electrons. The predicted octanol–water partition coefficient (Wildman–Crippen LogP) is 1.67. The highest BCUT2D eigenvalue weighted by molar-refractivity contribution is 5.85. The number of rotatable bonds is 3. The van der Waals surface area contributed by atoms with Crippen molar-refractivity contribution in [3.8, 4) is 6.07 Å². The standard InChI is InChI=1S/C14H23N3O/c1-3-14(2,10-15)13(18)16-11-7-9-17-8-5-4-6-12(11)17/h11-12H,3-9H2,1-2H3,(H,16,18). The molecule has 3 atom stereocenters. The van der Waals surface area contributed by atoms with E-state index in [2.05, 4.69) is 16.3 Å². The van der Waals surface area contributed by atoms with Gasteiger partial charge in [-0.25, -0.2) is 0 Å². The first-order chi connectivity index (χ1) is 8.60. The first-order valence-electron chi connectivity index (χ1n) is 7.07. The SMILES string of the molecule is CCC(C)(C#N)C(=O)NC1CCN2CCCCC12. The van der Waals surface area contributed by atoms with E-state index in [0.29, 0.717) is 12.5 Å². The fourth-order valence-electron chi connectivity index (χ4n) is 3.03. The minimum absolute atomic E-state index is 0.0927. The summed E-state index contributed by atoms with van der Waals surface area (Å²) in [6.45, 7) is 5.88. The molecule has 0 saturated carbocycles. The topological polar surface area (TPSA) is 56.1 Å². The van der Waals surface area contributed by atoms with Crippen LogP contribution >= 0.6 is 0 Å². The molecule has 2 saturated heterocycles. The van der Waals surface area contributed by atoms with Crippen LogP contribution in [0.15, 0.2) is 0 Å². The van der Waals surface area contributed by atoms with Crippen molar-refractivity contribution in [1.29, 1.82) is 5.26 Å². The van der Waals surface area contributed by atoms with Gasteiger partial charge in [-0.2, -0.15) is 5.26 Å². The number of piperidine rings is 1. The van der Waals surface area contributed by atoms with Crippen LogP contribution < -0.4 is 5.32 Å². The lowest BCUT2D eigenvalue weighted by Crippen LogP contribution is -2.50. The molecule has 4 heteroatoms. The zero-order valence-corrected chi connectivity index (χ0v) is 11.4. The third kappa shape index (κ3) is 2.37. The Bertz CT molecular complexity index is 363. The third-order valence-corrected chi connectivity index (χ3v) is 4.63. The largest absolute Gasteiger partial charge is 0.350 e. The molecule has 1 N–H and O–H groups in total. The first-order valence-corrected chi connectivity index (χ1v) is 7.07. The lowest BCUT2D eigenvalue weighted by Gasteiger charge is -2.33. The van der Waals surface area contributed by atoms with Crippen LogP contribution in [0, 0.1) is 16.7 Å². The van der Waals surface area contributed by atoms with Crippen molar-refractivity contribution in [2.45, 2.75) is 58.0 Å². The summed E-state index contributed by atoms with van der Waals surface area (Å²) in [6.07, 6.45) is 5.32. The fraction of sp³-hybridized carbons (Fsp3) is 0.857. The van der Waals surface area contributed by atoms with Gasteiger partial charge in [0.15, 0.2) is 0 Å². The molecule has 18 heavy (non-hydrogen) atoms. The molecule has 0 aliphatic carbocycles. The molecule has 2 heterocycles. The van der Waals surface area contributed by atoms with E-state index in [0.717, 1.165) is 13.0 Å². The van der Waals surface area contributed by atoms with E-state index in [1.54, 1.807) is 6.92 Å². The van der Waals surface area contributed by atoms with Crippen molar-refractivity contribution >= 4 is 5.91 Å². The Kier molecular flexibility index (Phi) is 3.91. The third-order valence-electron chi connectivity index (χ3n) is 4.63. The van der Waals surface area contributed by atoms with E-state index in [1.165, 1.54) is 25.8 Å². The molecule has 0 aromatic heterocycles. The highest BCUT2D eigenvalue weighted by Crippen LogP contribution is 2.28. The zero-order chi connectivity index (χ0) is 13.2. The van der Waals surface area contributed by atoms with Gasteiger partial charge in [0.25, 0.3) is 0 Å². The highest BCUT2D eigenvalue weighted by Gasteiger charge is 2.39. The van der Waals surface area contributed by atoms with E-state index in [-0.39, 0.29) is 11.9 Å². The maximum Gasteiger partial charge on any atom is 0.240 e. The molecular formula is C14H23N3O. The van der Waals surface area contributed by atoms with Crippen molar-refractivity contribution in [3.63, 3.8) is 0 Å². The van der Waals surface area contributed by atoms with Gasteiger partial charge in [0.2, 0.25) is 5.91 Å². The van der Waals surface area contributed by atoms with Crippen molar-refractivity contribution < 1.29 is 4.79 Å². The smallest absolute Gasteiger partial charge is 0.240 e. The van der Waals surface area contributed by atoms with Gasteiger partial charge in [-0.3, -0.25) is 9.69 Å². The lowest BCUT2D eigenvalue weighted by atomic mass is 9.87. The van der Waals surface area contributed by atoms with Crippen LogP contribution in [0.5, 0.6) is 0 Å². The Balaban J connectivity index is 1.98. The molecule has 1 amide bonds. The van der Waals surface area contributed by atoms with Gasteiger partial charge in [-0.05, 0) is 39.2 Å². The summed E-state index contributed by atoms with van der Waals surface area (Å²) in [5.74, 6) is -0.0927. The number of carbonyl (C=O) groups is 1. The average Bonchev–Trinajstić information content (AvgIpc) is 2.81. The molecule has 0 aromatic carbocycles. The maximum absolute atomic E-state index is 12.2. The van der Waals surface area contributed by atoms with Gasteiger partial charge in [0.05, 0.1) is 6.07 Å². The molecule has 0 spiro atoms. The number of carbonyl (C=O) groups excluding carboxylic acids is 1. The summed E-state index contributed by atoms with van der Waals surface area (Å²) < 4.78 is 0. The van der Waals surface area contributed by atoms with Gasteiger partial charge in [0, 0.05) is 18.6 Å². The van der Waals surface area contributed by atoms with Crippen molar-refractivity contribution in [2.24, 2.45) is 5.41 Å². The van der Waals surface area contributed by atoms with Crippen molar-refractivity contribution in [1.82, 2.24) is 10.2 Å². The normalized spacial score (nSPS) is 31.2. The molecule has 2 aliphatic rings. The number of fused-ring (bicyclic) bond motifs is 1. The fourth-order valence-corrected chi connectivity index (χ4v) is 3.03. The average molecular weight is 249 g/mol. The van der Waals surface area contributed by atoms with Gasteiger partial charge in [-0.15, -0.1) is 0 Å². The number of nitrogens with one attached hydrogen (secondary N) is 1. The van der Waals surface area contributed by atoms with Gasteiger partial charge in [-0.1, -0.05) is 13.3 Å². The number of amides is 1. The number of hydrogen-bond donors (Lipinski definition) is 1. The molecule has 0 aromatic rings. The van der Waals surface area contributed by atoms with Crippen molar-refractivity contribution in [3.05, 3.63) is 0 Å². The van der Waals surface area contributed by atoms with Crippen LogP contribution in [0.4, 0.5) is 0 Å². The Morgan fingerprint density at radius 2 is 2.22 bits per heavy atom. The highest BCUT2D eigenvalue weighted by atomic mass is 16.2. The second-order valence-corrected chi connectivity index (χ2v) is 5.77. The second-order valence-electron chi connectivity index (χ2n) is 5.77. The molecule has 3 unspecified atom stereocenters. The molecule has 2 rings (SSSR count). The summed E-state index contributed by atoms with van der Waals surface area (Å²) in [4.78, 5) is 14.7. The molecule has 2 aliphatic heterocycles. The quantitative estimate of drug-likeness (QED) is 0.827. The Morgan fingerprint density at radius 3 is 2.89 bits per heavy atom. The summed E-state index contributed by atoms with van der Waals surface area (Å²) >= 11 is 0. The monoisotopic (exact) mass is 249 g/mol. The summed E-state index contributed by atoms with van der Waals surface area (Å²) in [7, 11) is 0.